The first-order valence-electron chi connectivity index (χ1n) is 9.77. The highest BCUT2D eigenvalue weighted by Gasteiger charge is 2.27. The number of aromatic nitrogens is 2. The van der Waals surface area contributed by atoms with Gasteiger partial charge in [-0.25, -0.2) is 9.97 Å². The Labute approximate surface area is 170 Å². The molecule has 1 aromatic heterocycles. The van der Waals surface area contributed by atoms with Gasteiger partial charge in [-0.3, -0.25) is 9.69 Å². The average Bonchev–Trinajstić information content (AvgIpc) is 2.74. The van der Waals surface area contributed by atoms with Crippen molar-refractivity contribution in [3.8, 4) is 0 Å². The molecule has 144 valence electrons. The van der Waals surface area contributed by atoms with E-state index in [1.54, 1.807) is 11.8 Å². The van der Waals surface area contributed by atoms with Gasteiger partial charge in [-0.05, 0) is 56.8 Å². The number of benzene rings is 2. The maximum Gasteiger partial charge on any atom is 0.167 e. The van der Waals surface area contributed by atoms with E-state index in [0.29, 0.717) is 0 Å². The van der Waals surface area contributed by atoms with E-state index in [2.05, 4.69) is 4.90 Å². The summed E-state index contributed by atoms with van der Waals surface area (Å²) in [4.78, 5) is 26.0. The Morgan fingerprint density at radius 3 is 2.54 bits per heavy atom. The number of Topliss-reactive ketones (excluding diaryl/α,β-unsaturated/α-hetero) is 1. The molecule has 2 aromatic carbocycles. The third-order valence-corrected chi connectivity index (χ3v) is 6.21. The van der Waals surface area contributed by atoms with Crippen molar-refractivity contribution in [2.24, 2.45) is 5.92 Å². The number of likely N-dealkylation sites (tertiary alicyclic amines) is 1. The van der Waals surface area contributed by atoms with Crippen molar-refractivity contribution in [1.82, 2.24) is 14.9 Å². The van der Waals surface area contributed by atoms with Crippen LogP contribution >= 0.6 is 11.8 Å². The zero-order valence-corrected chi connectivity index (χ0v) is 17.2. The van der Waals surface area contributed by atoms with E-state index in [1.807, 2.05) is 61.7 Å². The smallest absolute Gasteiger partial charge is 0.167 e. The van der Waals surface area contributed by atoms with Crippen LogP contribution in [0.5, 0.6) is 0 Å². The van der Waals surface area contributed by atoms with Crippen molar-refractivity contribution in [1.29, 1.82) is 0 Å². The van der Waals surface area contributed by atoms with Crippen LogP contribution in [-0.4, -0.2) is 40.0 Å². The Kier molecular flexibility index (Phi) is 5.74. The fraction of sp³-hybridized carbons (Fsp3) is 0.348. The summed E-state index contributed by atoms with van der Waals surface area (Å²) in [5.41, 5.74) is 4.67. The molecule has 0 bridgehead atoms. The quantitative estimate of drug-likeness (QED) is 0.464. The molecule has 1 aliphatic heterocycles. The van der Waals surface area contributed by atoms with E-state index < -0.39 is 0 Å². The van der Waals surface area contributed by atoms with E-state index in [9.17, 15) is 4.79 Å². The van der Waals surface area contributed by atoms with Gasteiger partial charge in [0.05, 0.1) is 22.4 Å². The van der Waals surface area contributed by atoms with Crippen molar-refractivity contribution >= 4 is 28.6 Å². The number of rotatable bonds is 5. The second-order valence-electron chi connectivity index (χ2n) is 7.41. The molecule has 0 radical (unpaired) electrons. The van der Waals surface area contributed by atoms with Gasteiger partial charge in [-0.1, -0.05) is 24.3 Å². The first kappa shape index (κ1) is 19.1. The van der Waals surface area contributed by atoms with E-state index >= 15 is 0 Å². The Morgan fingerprint density at radius 2 is 1.82 bits per heavy atom. The summed E-state index contributed by atoms with van der Waals surface area (Å²) in [5, 5.41) is 0. The highest BCUT2D eigenvalue weighted by molar-refractivity contribution is 7.98. The second kappa shape index (κ2) is 8.41. The van der Waals surface area contributed by atoms with Crippen molar-refractivity contribution in [3.05, 3.63) is 65.5 Å². The number of fused-ring (bicyclic) bond motifs is 1. The van der Waals surface area contributed by atoms with Crippen molar-refractivity contribution in [2.75, 3.05) is 19.3 Å². The van der Waals surface area contributed by atoms with Crippen LogP contribution in [0.2, 0.25) is 0 Å². The van der Waals surface area contributed by atoms with Gasteiger partial charge < -0.3 is 0 Å². The number of thioether (sulfide) groups is 1. The minimum atomic E-state index is 0.0580. The van der Waals surface area contributed by atoms with Gasteiger partial charge in [0.15, 0.2) is 5.78 Å². The zero-order chi connectivity index (χ0) is 19.5. The second-order valence-corrected chi connectivity index (χ2v) is 8.29. The van der Waals surface area contributed by atoms with Gasteiger partial charge in [0.2, 0.25) is 0 Å². The Hall–Kier alpha value is -2.24. The third-order valence-electron chi connectivity index (χ3n) is 5.47. The number of piperidine rings is 1. The third kappa shape index (κ3) is 4.10. The Balaban J connectivity index is 1.47. The van der Waals surface area contributed by atoms with E-state index in [4.69, 9.17) is 9.97 Å². The molecule has 28 heavy (non-hydrogen) atoms. The summed E-state index contributed by atoms with van der Waals surface area (Å²) in [5.74, 6) is 0.321. The molecular formula is C23H25N3OS. The maximum atomic E-state index is 13.0. The van der Waals surface area contributed by atoms with Crippen LogP contribution in [0, 0.1) is 12.8 Å². The Bertz CT molecular complexity index is 987. The van der Waals surface area contributed by atoms with Gasteiger partial charge in [0.1, 0.15) is 0 Å². The lowest BCUT2D eigenvalue weighted by molar-refractivity contribution is 0.0810. The number of carbonyl (C=O) groups is 1. The SMILES string of the molecule is CSc1ccc(C(=O)[C@H]2CCCN(Cc3nc4ccccc4nc3C)C2)cc1. The molecule has 4 rings (SSSR count). The van der Waals surface area contributed by atoms with Crippen molar-refractivity contribution in [3.63, 3.8) is 0 Å². The molecule has 0 unspecified atom stereocenters. The summed E-state index contributed by atoms with van der Waals surface area (Å²) < 4.78 is 0. The lowest BCUT2D eigenvalue weighted by Crippen LogP contribution is -2.38. The van der Waals surface area contributed by atoms with Crippen LogP contribution in [0.3, 0.4) is 0 Å². The molecular weight excluding hydrogens is 366 g/mol. The lowest BCUT2D eigenvalue weighted by Gasteiger charge is -2.32. The number of hydrogen-bond acceptors (Lipinski definition) is 5. The average molecular weight is 392 g/mol. The van der Waals surface area contributed by atoms with Crippen molar-refractivity contribution < 1.29 is 4.79 Å². The van der Waals surface area contributed by atoms with Gasteiger partial charge in [0, 0.05) is 29.5 Å². The maximum absolute atomic E-state index is 13.0. The van der Waals surface area contributed by atoms with E-state index in [-0.39, 0.29) is 11.7 Å². The topological polar surface area (TPSA) is 46.1 Å². The molecule has 0 N–H and O–H groups in total. The Morgan fingerprint density at radius 1 is 1.11 bits per heavy atom. The zero-order valence-electron chi connectivity index (χ0n) is 16.4. The van der Waals surface area contributed by atoms with Gasteiger partial charge in [-0.2, -0.15) is 0 Å². The first-order valence-corrected chi connectivity index (χ1v) is 11.0. The summed E-state index contributed by atoms with van der Waals surface area (Å²) in [7, 11) is 0. The van der Waals surface area contributed by atoms with Crippen LogP contribution < -0.4 is 0 Å². The molecule has 1 saturated heterocycles. The van der Waals surface area contributed by atoms with Crippen LogP contribution in [0.15, 0.2) is 53.4 Å². The van der Waals surface area contributed by atoms with Crippen LogP contribution in [-0.2, 0) is 6.54 Å². The van der Waals surface area contributed by atoms with E-state index in [1.165, 1.54) is 4.90 Å². The van der Waals surface area contributed by atoms with Crippen LogP contribution in [0.1, 0.15) is 34.6 Å². The van der Waals surface area contributed by atoms with Gasteiger partial charge in [-0.15, -0.1) is 11.8 Å². The van der Waals surface area contributed by atoms with E-state index in [0.717, 1.165) is 60.5 Å². The minimum Gasteiger partial charge on any atom is -0.297 e. The number of aryl methyl sites for hydroxylation is 1. The van der Waals surface area contributed by atoms with Gasteiger partial charge in [0.25, 0.3) is 0 Å². The molecule has 1 aliphatic rings. The summed E-state index contributed by atoms with van der Waals surface area (Å²) >= 11 is 1.70. The number of carbonyl (C=O) groups excluding carboxylic acids is 1. The number of ketones is 1. The molecule has 0 amide bonds. The predicted molar refractivity (Wildman–Crippen MR) is 115 cm³/mol. The molecule has 2 heterocycles. The minimum absolute atomic E-state index is 0.0580. The summed E-state index contributed by atoms with van der Waals surface area (Å²) in [6.45, 7) is 4.56. The van der Waals surface area contributed by atoms with Crippen molar-refractivity contribution in [2.45, 2.75) is 31.2 Å². The monoisotopic (exact) mass is 391 g/mol. The highest BCUT2D eigenvalue weighted by atomic mass is 32.2. The number of para-hydroxylation sites is 2. The fourth-order valence-electron chi connectivity index (χ4n) is 3.89. The number of nitrogens with zero attached hydrogens (tertiary/aromatic N) is 3. The van der Waals surface area contributed by atoms with Crippen LogP contribution in [0.4, 0.5) is 0 Å². The first-order chi connectivity index (χ1) is 13.6. The van der Waals surface area contributed by atoms with Crippen LogP contribution in [0.25, 0.3) is 11.0 Å². The molecule has 1 atom stereocenters. The molecule has 4 nitrogen and oxygen atoms in total. The molecule has 0 aliphatic carbocycles. The molecule has 1 fully saturated rings. The molecule has 3 aromatic rings. The molecule has 0 spiro atoms. The largest absolute Gasteiger partial charge is 0.297 e. The normalized spacial score (nSPS) is 17.7. The molecule has 0 saturated carbocycles. The fourth-order valence-corrected chi connectivity index (χ4v) is 4.30. The number of hydrogen-bond donors (Lipinski definition) is 0. The summed E-state index contributed by atoms with van der Waals surface area (Å²) in [6.07, 6.45) is 4.05. The molecule has 5 heteroatoms. The highest BCUT2D eigenvalue weighted by Crippen LogP contribution is 2.24. The lowest BCUT2D eigenvalue weighted by atomic mass is 9.90. The van der Waals surface area contributed by atoms with Gasteiger partial charge >= 0.3 is 0 Å². The standard InChI is InChI=1S/C23H25N3OS/c1-16-22(25-21-8-4-3-7-20(21)24-16)15-26-13-5-6-18(14-26)23(27)17-9-11-19(28-2)12-10-17/h3-4,7-12,18H,5-6,13-15H2,1-2H3/t18-/m0/s1. The predicted octanol–water partition coefficient (Wildman–Crippen LogP) is 4.76. The summed E-state index contributed by atoms with van der Waals surface area (Å²) in [6, 6.07) is 16.0.